The molecule has 0 saturated carbocycles. The summed E-state index contributed by atoms with van der Waals surface area (Å²) in [7, 11) is 0. The number of benzene rings is 5. The van der Waals surface area contributed by atoms with Crippen LogP contribution in [0, 0.1) is 0 Å². The molecule has 7 rings (SSSR count). The van der Waals surface area contributed by atoms with Crippen LogP contribution in [0.3, 0.4) is 0 Å². The van der Waals surface area contributed by atoms with Crippen molar-refractivity contribution in [3.05, 3.63) is 125 Å². The average molecular weight is 486 g/mol. The minimum Gasteiger partial charge on any atom is -0.456 e. The molecular formula is C33H24ClNO. The third-order valence-corrected chi connectivity index (χ3v) is 7.83. The van der Waals surface area contributed by atoms with Gasteiger partial charge in [-0.3, -0.25) is 0 Å². The number of furan rings is 1. The standard InChI is InChI=1S/C33H24ClNO/c1-33(2)27-14-8-6-12-23(27)25-18-22(16-17-28(25)33)35(21-10-4-3-5-11-21)30-19-26-24-13-7-9-15-31(24)36-32(26)20-29(30)34/h3-20H,1-2H3. The molecule has 0 atom stereocenters. The summed E-state index contributed by atoms with van der Waals surface area (Å²) in [4.78, 5) is 2.25. The van der Waals surface area contributed by atoms with Crippen molar-refractivity contribution in [3.8, 4) is 11.1 Å². The van der Waals surface area contributed by atoms with Gasteiger partial charge in [0, 0.05) is 33.6 Å². The van der Waals surface area contributed by atoms with Crippen LogP contribution in [0.4, 0.5) is 17.1 Å². The maximum absolute atomic E-state index is 6.97. The Kier molecular flexibility index (Phi) is 4.58. The molecule has 1 aromatic heterocycles. The third-order valence-electron chi connectivity index (χ3n) is 7.53. The molecule has 1 heterocycles. The van der Waals surface area contributed by atoms with Crippen molar-refractivity contribution in [1.82, 2.24) is 0 Å². The number of hydrogen-bond acceptors (Lipinski definition) is 2. The normalized spacial score (nSPS) is 13.6. The molecule has 6 aromatic rings. The zero-order valence-electron chi connectivity index (χ0n) is 20.1. The Morgan fingerprint density at radius 3 is 2.19 bits per heavy atom. The fourth-order valence-corrected chi connectivity index (χ4v) is 6.00. The first-order valence-electron chi connectivity index (χ1n) is 12.2. The zero-order chi connectivity index (χ0) is 24.4. The fourth-order valence-electron chi connectivity index (χ4n) is 5.76. The second-order valence-electron chi connectivity index (χ2n) is 9.97. The Balaban J connectivity index is 1.48. The Hall–Kier alpha value is -4.01. The molecule has 174 valence electrons. The fraction of sp³-hybridized carbons (Fsp3) is 0.0909. The van der Waals surface area contributed by atoms with E-state index in [4.69, 9.17) is 16.0 Å². The molecule has 0 spiro atoms. The second-order valence-corrected chi connectivity index (χ2v) is 10.4. The number of hydrogen-bond donors (Lipinski definition) is 0. The van der Waals surface area contributed by atoms with Crippen molar-refractivity contribution in [2.75, 3.05) is 4.90 Å². The highest BCUT2D eigenvalue weighted by Crippen LogP contribution is 2.51. The first-order valence-corrected chi connectivity index (χ1v) is 12.6. The summed E-state index contributed by atoms with van der Waals surface area (Å²) in [5.41, 5.74) is 9.97. The van der Waals surface area contributed by atoms with Crippen LogP contribution in [0.5, 0.6) is 0 Å². The lowest BCUT2D eigenvalue weighted by atomic mass is 9.82. The lowest BCUT2D eigenvalue weighted by molar-refractivity contribution is 0.660. The molecule has 0 N–H and O–H groups in total. The van der Waals surface area contributed by atoms with E-state index >= 15 is 0 Å². The van der Waals surface area contributed by atoms with Gasteiger partial charge in [-0.15, -0.1) is 0 Å². The van der Waals surface area contributed by atoms with Crippen molar-refractivity contribution in [3.63, 3.8) is 0 Å². The van der Waals surface area contributed by atoms with Gasteiger partial charge >= 0.3 is 0 Å². The summed E-state index contributed by atoms with van der Waals surface area (Å²) < 4.78 is 6.10. The summed E-state index contributed by atoms with van der Waals surface area (Å²) in [5, 5.41) is 2.79. The van der Waals surface area contributed by atoms with Gasteiger partial charge < -0.3 is 9.32 Å². The largest absolute Gasteiger partial charge is 0.456 e. The molecule has 0 amide bonds. The maximum Gasteiger partial charge on any atom is 0.137 e. The van der Waals surface area contributed by atoms with Gasteiger partial charge in [0.1, 0.15) is 11.2 Å². The molecule has 3 heteroatoms. The molecule has 0 saturated heterocycles. The van der Waals surface area contributed by atoms with Gasteiger partial charge in [-0.2, -0.15) is 0 Å². The summed E-state index contributed by atoms with van der Waals surface area (Å²) in [6.45, 7) is 4.61. The van der Waals surface area contributed by atoms with Crippen LogP contribution in [-0.4, -0.2) is 0 Å². The van der Waals surface area contributed by atoms with Gasteiger partial charge in [0.05, 0.1) is 10.7 Å². The van der Waals surface area contributed by atoms with Crippen molar-refractivity contribution in [2.24, 2.45) is 0 Å². The van der Waals surface area contributed by atoms with Crippen LogP contribution >= 0.6 is 11.6 Å². The van der Waals surface area contributed by atoms with E-state index in [0.29, 0.717) is 5.02 Å². The highest BCUT2D eigenvalue weighted by Gasteiger charge is 2.35. The maximum atomic E-state index is 6.97. The van der Waals surface area contributed by atoms with Crippen LogP contribution in [0.1, 0.15) is 25.0 Å². The Labute approximate surface area is 215 Å². The molecule has 0 unspecified atom stereocenters. The number of fused-ring (bicyclic) bond motifs is 6. The van der Waals surface area contributed by atoms with E-state index in [1.54, 1.807) is 0 Å². The third kappa shape index (κ3) is 3.04. The number of rotatable bonds is 3. The first-order chi connectivity index (χ1) is 17.5. The molecule has 0 radical (unpaired) electrons. The zero-order valence-corrected chi connectivity index (χ0v) is 20.9. The predicted octanol–water partition coefficient (Wildman–Crippen LogP) is 10.0. The first kappa shape index (κ1) is 21.3. The van der Waals surface area contributed by atoms with Gasteiger partial charge in [0.25, 0.3) is 0 Å². The molecule has 1 aliphatic rings. The van der Waals surface area contributed by atoms with E-state index in [9.17, 15) is 0 Å². The van der Waals surface area contributed by atoms with Gasteiger partial charge in [-0.1, -0.05) is 92.2 Å². The van der Waals surface area contributed by atoms with E-state index in [2.05, 4.69) is 97.6 Å². The second kappa shape index (κ2) is 7.74. The van der Waals surface area contributed by atoms with Crippen molar-refractivity contribution in [2.45, 2.75) is 19.3 Å². The van der Waals surface area contributed by atoms with Crippen LogP contribution < -0.4 is 4.90 Å². The quantitative estimate of drug-likeness (QED) is 0.248. The summed E-state index contributed by atoms with van der Waals surface area (Å²) >= 11 is 6.97. The highest BCUT2D eigenvalue weighted by molar-refractivity contribution is 6.34. The molecule has 0 fully saturated rings. The van der Waals surface area contributed by atoms with Crippen molar-refractivity contribution in [1.29, 1.82) is 0 Å². The molecule has 36 heavy (non-hydrogen) atoms. The monoisotopic (exact) mass is 485 g/mol. The van der Waals surface area contributed by atoms with Crippen LogP contribution in [0.2, 0.25) is 5.02 Å². The summed E-state index contributed by atoms with van der Waals surface area (Å²) in [6.07, 6.45) is 0. The van der Waals surface area contributed by atoms with E-state index in [0.717, 1.165) is 39.0 Å². The molecule has 0 aliphatic heterocycles. The minimum absolute atomic E-state index is 0.0334. The van der Waals surface area contributed by atoms with E-state index in [-0.39, 0.29) is 5.41 Å². The van der Waals surface area contributed by atoms with E-state index in [1.807, 2.05) is 30.3 Å². The molecular weight excluding hydrogens is 462 g/mol. The Morgan fingerprint density at radius 2 is 1.33 bits per heavy atom. The topological polar surface area (TPSA) is 16.4 Å². The summed E-state index contributed by atoms with van der Waals surface area (Å²) in [5.74, 6) is 0. The number of nitrogens with zero attached hydrogens (tertiary/aromatic N) is 1. The average Bonchev–Trinajstić information content (AvgIpc) is 3.37. The molecule has 1 aliphatic carbocycles. The molecule has 2 nitrogen and oxygen atoms in total. The lowest BCUT2D eigenvalue weighted by Crippen LogP contribution is -2.15. The minimum atomic E-state index is -0.0334. The number of halogens is 1. The van der Waals surface area contributed by atoms with E-state index < -0.39 is 0 Å². The molecule has 0 bridgehead atoms. The van der Waals surface area contributed by atoms with Crippen molar-refractivity contribution >= 4 is 50.6 Å². The van der Waals surface area contributed by atoms with Crippen LogP contribution in [-0.2, 0) is 5.41 Å². The Bertz CT molecular complexity index is 1780. The SMILES string of the molecule is CC1(C)c2ccccc2-c2cc(N(c3ccccc3)c3cc4c(cc3Cl)oc3ccccc34)ccc21. The van der Waals surface area contributed by atoms with Crippen molar-refractivity contribution < 1.29 is 4.42 Å². The number of para-hydroxylation sites is 2. The Morgan fingerprint density at radius 1 is 0.611 bits per heavy atom. The van der Waals surface area contributed by atoms with E-state index in [1.165, 1.54) is 22.3 Å². The highest BCUT2D eigenvalue weighted by atomic mass is 35.5. The summed E-state index contributed by atoms with van der Waals surface area (Å²) in [6, 6.07) is 38.2. The van der Waals surface area contributed by atoms with Crippen LogP contribution in [0.25, 0.3) is 33.1 Å². The lowest BCUT2D eigenvalue weighted by Gasteiger charge is -2.28. The van der Waals surface area contributed by atoms with Gasteiger partial charge in [-0.05, 0) is 58.7 Å². The smallest absolute Gasteiger partial charge is 0.137 e. The number of anilines is 3. The molecule has 5 aromatic carbocycles. The van der Waals surface area contributed by atoms with Crippen LogP contribution in [0.15, 0.2) is 114 Å². The van der Waals surface area contributed by atoms with Gasteiger partial charge in [0.15, 0.2) is 0 Å². The predicted molar refractivity (Wildman–Crippen MR) is 151 cm³/mol. The van der Waals surface area contributed by atoms with Gasteiger partial charge in [-0.25, -0.2) is 0 Å². The van der Waals surface area contributed by atoms with Gasteiger partial charge in [0.2, 0.25) is 0 Å².